The topological polar surface area (TPSA) is 0 Å². The summed E-state index contributed by atoms with van der Waals surface area (Å²) in [4.78, 5) is 0. The normalized spacial score (nSPS) is 12.6. The first kappa shape index (κ1) is 17.7. The summed E-state index contributed by atoms with van der Waals surface area (Å²) in [5, 5.41) is 2.71. The maximum atomic E-state index is 2.30. The van der Waals surface area contributed by atoms with E-state index < -0.39 is 0 Å². The van der Waals surface area contributed by atoms with Crippen LogP contribution in [0.3, 0.4) is 0 Å². The van der Waals surface area contributed by atoms with Crippen LogP contribution in [0.25, 0.3) is 21.9 Å². The van der Waals surface area contributed by atoms with Gasteiger partial charge in [-0.05, 0) is 32.9 Å². The second-order valence-corrected chi connectivity index (χ2v) is 9.09. The van der Waals surface area contributed by atoms with Crippen molar-refractivity contribution in [1.82, 2.24) is 0 Å². The molecule has 0 heterocycles. The minimum absolute atomic E-state index is 0.190. The summed E-state index contributed by atoms with van der Waals surface area (Å²) in [5.41, 5.74) is 5.59. The molecule has 3 rings (SSSR count). The van der Waals surface area contributed by atoms with Crippen LogP contribution in [0.5, 0.6) is 0 Å². The first-order valence-electron chi connectivity index (χ1n) is 9.07. The molecule has 130 valence electrons. The van der Waals surface area contributed by atoms with E-state index in [1.54, 1.807) is 0 Å². The van der Waals surface area contributed by atoms with Crippen LogP contribution in [-0.2, 0) is 12.0 Å². The van der Waals surface area contributed by atoms with Crippen molar-refractivity contribution < 1.29 is 4.48 Å². The molecule has 0 N–H and O–H groups in total. The van der Waals surface area contributed by atoms with Crippen LogP contribution >= 0.6 is 0 Å². The Kier molecular flexibility index (Phi) is 4.47. The number of hydrogen-bond acceptors (Lipinski definition) is 0. The van der Waals surface area contributed by atoms with Crippen molar-refractivity contribution in [1.29, 1.82) is 0 Å². The molecule has 0 saturated heterocycles. The SMILES string of the molecule is CC(C)(C)c1ccc(-c2ccc(C[N+](C)(C)C)c3ccccc23)cc1. The van der Waals surface area contributed by atoms with E-state index >= 15 is 0 Å². The van der Waals surface area contributed by atoms with Gasteiger partial charge in [-0.15, -0.1) is 0 Å². The van der Waals surface area contributed by atoms with Crippen LogP contribution in [-0.4, -0.2) is 25.6 Å². The van der Waals surface area contributed by atoms with Gasteiger partial charge in [0, 0.05) is 5.56 Å². The predicted molar refractivity (Wildman–Crippen MR) is 110 cm³/mol. The molecule has 25 heavy (non-hydrogen) atoms. The van der Waals surface area contributed by atoms with E-state index in [9.17, 15) is 0 Å². The highest BCUT2D eigenvalue weighted by Gasteiger charge is 2.15. The summed E-state index contributed by atoms with van der Waals surface area (Å²) in [6, 6.07) is 22.5. The van der Waals surface area contributed by atoms with Gasteiger partial charge < -0.3 is 4.48 Å². The van der Waals surface area contributed by atoms with Gasteiger partial charge in [0.15, 0.2) is 0 Å². The van der Waals surface area contributed by atoms with E-state index in [1.807, 2.05) is 0 Å². The minimum Gasteiger partial charge on any atom is -0.327 e. The summed E-state index contributed by atoms with van der Waals surface area (Å²) in [6.07, 6.45) is 0. The second-order valence-electron chi connectivity index (χ2n) is 9.09. The molecule has 0 unspecified atom stereocenters. The molecule has 0 radical (unpaired) electrons. The van der Waals surface area contributed by atoms with E-state index in [-0.39, 0.29) is 5.41 Å². The van der Waals surface area contributed by atoms with Gasteiger partial charge >= 0.3 is 0 Å². The smallest absolute Gasteiger partial charge is 0.104 e. The molecule has 0 bridgehead atoms. The molecular weight excluding hydrogens is 302 g/mol. The van der Waals surface area contributed by atoms with Crippen molar-refractivity contribution in [3.63, 3.8) is 0 Å². The van der Waals surface area contributed by atoms with Crippen molar-refractivity contribution in [2.45, 2.75) is 32.7 Å². The van der Waals surface area contributed by atoms with Gasteiger partial charge in [0.2, 0.25) is 0 Å². The molecule has 1 nitrogen and oxygen atoms in total. The van der Waals surface area contributed by atoms with Gasteiger partial charge in [-0.1, -0.05) is 81.4 Å². The quantitative estimate of drug-likeness (QED) is 0.515. The monoisotopic (exact) mass is 332 g/mol. The average molecular weight is 333 g/mol. The third kappa shape index (κ3) is 3.93. The number of quaternary nitrogens is 1. The van der Waals surface area contributed by atoms with Crippen LogP contribution in [0.15, 0.2) is 60.7 Å². The van der Waals surface area contributed by atoms with Gasteiger partial charge in [0.25, 0.3) is 0 Å². The largest absolute Gasteiger partial charge is 0.327 e. The Bertz CT molecular complexity index is 875. The molecule has 1 heteroatoms. The summed E-state index contributed by atoms with van der Waals surface area (Å²) >= 11 is 0. The van der Waals surface area contributed by atoms with Crippen molar-refractivity contribution in [2.75, 3.05) is 21.1 Å². The van der Waals surface area contributed by atoms with Gasteiger partial charge in [-0.25, -0.2) is 0 Å². The molecule has 0 aromatic heterocycles. The lowest BCUT2D eigenvalue weighted by molar-refractivity contribution is -0.883. The van der Waals surface area contributed by atoms with Crippen molar-refractivity contribution >= 4 is 10.8 Å². The lowest BCUT2D eigenvalue weighted by Crippen LogP contribution is -2.33. The summed E-state index contributed by atoms with van der Waals surface area (Å²) < 4.78 is 0.934. The van der Waals surface area contributed by atoms with Crippen molar-refractivity contribution in [3.05, 3.63) is 71.8 Å². The van der Waals surface area contributed by atoms with Crippen LogP contribution in [0.1, 0.15) is 31.9 Å². The van der Waals surface area contributed by atoms with Crippen LogP contribution in [0, 0.1) is 0 Å². The molecule has 0 saturated carbocycles. The van der Waals surface area contributed by atoms with Crippen molar-refractivity contribution in [2.24, 2.45) is 0 Å². The molecule has 0 aliphatic rings. The van der Waals surface area contributed by atoms with Gasteiger partial charge in [-0.3, -0.25) is 0 Å². The number of benzene rings is 3. The first-order valence-corrected chi connectivity index (χ1v) is 9.07. The Labute approximate surface area is 152 Å². The standard InChI is InChI=1S/C24H30N/c1-24(2,3)20-14-11-18(12-15-20)22-16-13-19(17-25(4,5)6)21-9-7-8-10-23(21)22/h7-16H,17H2,1-6H3/q+1. The van der Waals surface area contributed by atoms with Gasteiger partial charge in [-0.2, -0.15) is 0 Å². The Morgan fingerprint density at radius 2 is 1.32 bits per heavy atom. The Balaban J connectivity index is 2.10. The minimum atomic E-state index is 0.190. The summed E-state index contributed by atoms with van der Waals surface area (Å²) in [7, 11) is 6.73. The lowest BCUT2D eigenvalue weighted by Gasteiger charge is -2.25. The fourth-order valence-electron chi connectivity index (χ4n) is 3.41. The number of hydrogen-bond donors (Lipinski definition) is 0. The molecule has 0 atom stereocenters. The van der Waals surface area contributed by atoms with Crippen LogP contribution in [0.4, 0.5) is 0 Å². The number of nitrogens with zero attached hydrogens (tertiary/aromatic N) is 1. The molecule has 0 fully saturated rings. The van der Waals surface area contributed by atoms with E-state index in [2.05, 4.69) is 103 Å². The fraction of sp³-hybridized carbons (Fsp3) is 0.333. The Hall–Kier alpha value is -2.12. The molecule has 0 aliphatic carbocycles. The zero-order chi connectivity index (χ0) is 18.2. The van der Waals surface area contributed by atoms with Gasteiger partial charge in [0.1, 0.15) is 6.54 Å². The van der Waals surface area contributed by atoms with E-state index in [1.165, 1.54) is 33.0 Å². The summed E-state index contributed by atoms with van der Waals surface area (Å²) in [6.45, 7) is 7.81. The highest BCUT2D eigenvalue weighted by Crippen LogP contribution is 2.33. The van der Waals surface area contributed by atoms with E-state index in [0.29, 0.717) is 0 Å². The third-order valence-corrected chi connectivity index (χ3v) is 4.72. The van der Waals surface area contributed by atoms with Gasteiger partial charge in [0.05, 0.1) is 21.1 Å². The van der Waals surface area contributed by atoms with Crippen LogP contribution in [0.2, 0.25) is 0 Å². The lowest BCUT2D eigenvalue weighted by atomic mass is 9.85. The predicted octanol–water partition coefficient (Wildman–Crippen LogP) is 6.01. The molecular formula is C24H30N+. The fourth-order valence-corrected chi connectivity index (χ4v) is 3.41. The zero-order valence-corrected chi connectivity index (χ0v) is 16.4. The molecule has 0 aliphatic heterocycles. The Morgan fingerprint density at radius 3 is 1.88 bits per heavy atom. The molecule has 3 aromatic rings. The van der Waals surface area contributed by atoms with Crippen LogP contribution < -0.4 is 0 Å². The maximum Gasteiger partial charge on any atom is 0.104 e. The average Bonchev–Trinajstić information content (AvgIpc) is 2.53. The zero-order valence-electron chi connectivity index (χ0n) is 16.4. The first-order chi connectivity index (χ1) is 11.6. The van der Waals surface area contributed by atoms with E-state index in [4.69, 9.17) is 0 Å². The highest BCUT2D eigenvalue weighted by molar-refractivity contribution is 5.98. The molecule has 0 amide bonds. The maximum absolute atomic E-state index is 2.30. The Morgan fingerprint density at radius 1 is 0.720 bits per heavy atom. The second kappa shape index (κ2) is 6.31. The molecule has 0 spiro atoms. The summed E-state index contributed by atoms with van der Waals surface area (Å²) in [5.74, 6) is 0. The van der Waals surface area contributed by atoms with E-state index in [0.717, 1.165) is 11.0 Å². The third-order valence-electron chi connectivity index (χ3n) is 4.72. The van der Waals surface area contributed by atoms with Crippen molar-refractivity contribution in [3.8, 4) is 11.1 Å². The highest BCUT2D eigenvalue weighted by atomic mass is 15.3. The molecule has 3 aromatic carbocycles. The number of rotatable bonds is 3. The number of fused-ring (bicyclic) bond motifs is 1.